The molecule has 5 heteroatoms. The lowest BCUT2D eigenvalue weighted by molar-refractivity contribution is 0.254. The Morgan fingerprint density at radius 1 is 1.33 bits per heavy atom. The van der Waals surface area contributed by atoms with E-state index in [0.717, 1.165) is 36.0 Å². The predicted octanol–water partition coefficient (Wildman–Crippen LogP) is 3.26. The molecular weight excluding hydrogens is 302 g/mol. The van der Waals surface area contributed by atoms with Crippen LogP contribution in [0.1, 0.15) is 52.7 Å². The first kappa shape index (κ1) is 18.4. The number of benzene rings is 1. The topological polar surface area (TPSA) is 54.9 Å². The monoisotopic (exact) mass is 333 g/mol. The number of nitrogens with one attached hydrogen (secondary N) is 2. The van der Waals surface area contributed by atoms with E-state index in [1.165, 1.54) is 5.56 Å². The summed E-state index contributed by atoms with van der Waals surface area (Å²) in [6.45, 7) is 14.5. The van der Waals surface area contributed by atoms with Gasteiger partial charge < -0.3 is 20.1 Å². The van der Waals surface area contributed by atoms with Gasteiger partial charge in [0.05, 0.1) is 13.2 Å². The number of nitrogens with zero attached hydrogens (tertiary/aromatic N) is 1. The quantitative estimate of drug-likeness (QED) is 0.641. The predicted molar refractivity (Wildman–Crippen MR) is 99.1 cm³/mol. The minimum Gasteiger partial charge on any atom is -0.494 e. The molecule has 0 aromatic heterocycles. The SMILES string of the molecule is CCNC(=NCc1cc2c(cc1OCC)CC(C)O2)NC(C)(C)C. The van der Waals surface area contributed by atoms with Gasteiger partial charge in [-0.15, -0.1) is 0 Å². The van der Waals surface area contributed by atoms with Gasteiger partial charge in [-0.05, 0) is 53.7 Å². The van der Waals surface area contributed by atoms with Crippen molar-refractivity contribution < 1.29 is 9.47 Å². The standard InChI is InChI=1S/C19H31N3O2/c1-7-20-18(22-19(4,5)6)21-12-15-11-17-14(9-13(3)24-17)10-16(15)23-8-2/h10-11,13H,7-9,12H2,1-6H3,(H2,20,21,22). The summed E-state index contributed by atoms with van der Waals surface area (Å²) in [5.74, 6) is 2.68. The highest BCUT2D eigenvalue weighted by Gasteiger charge is 2.22. The highest BCUT2D eigenvalue weighted by Crippen LogP contribution is 2.35. The van der Waals surface area contributed by atoms with Gasteiger partial charge in [-0.2, -0.15) is 0 Å². The minimum absolute atomic E-state index is 0.0414. The number of ether oxygens (including phenoxy) is 2. The second-order valence-electron chi connectivity index (χ2n) is 7.20. The molecular formula is C19H31N3O2. The van der Waals surface area contributed by atoms with Crippen molar-refractivity contribution in [1.29, 1.82) is 0 Å². The van der Waals surface area contributed by atoms with Crippen LogP contribution in [0.4, 0.5) is 0 Å². The van der Waals surface area contributed by atoms with Crippen LogP contribution in [-0.2, 0) is 13.0 Å². The van der Waals surface area contributed by atoms with Crippen molar-refractivity contribution in [1.82, 2.24) is 10.6 Å². The number of fused-ring (bicyclic) bond motifs is 1. The first-order valence-electron chi connectivity index (χ1n) is 8.84. The van der Waals surface area contributed by atoms with Gasteiger partial charge in [0, 0.05) is 29.6 Å². The molecule has 0 bridgehead atoms. The number of aliphatic imine (C=N–C) groups is 1. The third-order valence-corrected chi connectivity index (χ3v) is 3.62. The lowest BCUT2D eigenvalue weighted by atomic mass is 10.1. The summed E-state index contributed by atoms with van der Waals surface area (Å²) in [4.78, 5) is 4.72. The van der Waals surface area contributed by atoms with Crippen molar-refractivity contribution in [2.24, 2.45) is 4.99 Å². The summed E-state index contributed by atoms with van der Waals surface area (Å²) in [6, 6.07) is 4.19. The molecule has 0 amide bonds. The van der Waals surface area contributed by atoms with Crippen LogP contribution in [0.15, 0.2) is 17.1 Å². The summed E-state index contributed by atoms with van der Waals surface area (Å²) in [5.41, 5.74) is 2.23. The second-order valence-corrected chi connectivity index (χ2v) is 7.20. The normalized spacial score (nSPS) is 17.2. The first-order valence-corrected chi connectivity index (χ1v) is 8.84. The van der Waals surface area contributed by atoms with Crippen molar-refractivity contribution in [3.8, 4) is 11.5 Å². The molecule has 134 valence electrons. The molecule has 1 aliphatic rings. The van der Waals surface area contributed by atoms with E-state index in [1.54, 1.807) is 0 Å². The Kier molecular flexibility index (Phi) is 5.97. The third-order valence-electron chi connectivity index (χ3n) is 3.62. The molecule has 0 aliphatic carbocycles. The van der Waals surface area contributed by atoms with E-state index < -0.39 is 0 Å². The first-order chi connectivity index (χ1) is 11.3. The van der Waals surface area contributed by atoms with Crippen LogP contribution in [0, 0.1) is 0 Å². The summed E-state index contributed by atoms with van der Waals surface area (Å²) in [7, 11) is 0. The molecule has 2 rings (SSSR count). The molecule has 1 aromatic carbocycles. The van der Waals surface area contributed by atoms with Crippen LogP contribution < -0.4 is 20.1 Å². The van der Waals surface area contributed by atoms with Gasteiger partial charge >= 0.3 is 0 Å². The Balaban J connectivity index is 2.23. The fraction of sp³-hybridized carbons (Fsp3) is 0.632. The van der Waals surface area contributed by atoms with E-state index in [4.69, 9.17) is 14.5 Å². The molecule has 0 saturated heterocycles. The molecule has 0 radical (unpaired) electrons. The van der Waals surface area contributed by atoms with Crippen LogP contribution in [0.2, 0.25) is 0 Å². The van der Waals surface area contributed by atoms with Crippen LogP contribution >= 0.6 is 0 Å². The van der Waals surface area contributed by atoms with E-state index in [-0.39, 0.29) is 11.6 Å². The number of guanidine groups is 1. The molecule has 0 spiro atoms. The largest absolute Gasteiger partial charge is 0.494 e. The van der Waals surface area contributed by atoms with Crippen molar-refractivity contribution in [2.45, 2.75) is 66.2 Å². The van der Waals surface area contributed by atoms with Crippen molar-refractivity contribution in [2.75, 3.05) is 13.2 Å². The molecule has 1 aliphatic heterocycles. The lowest BCUT2D eigenvalue weighted by Gasteiger charge is -2.23. The maximum absolute atomic E-state index is 5.88. The number of hydrogen-bond acceptors (Lipinski definition) is 3. The van der Waals surface area contributed by atoms with Gasteiger partial charge in [0.25, 0.3) is 0 Å². The van der Waals surface area contributed by atoms with Crippen LogP contribution in [0.3, 0.4) is 0 Å². The highest BCUT2D eigenvalue weighted by atomic mass is 16.5. The molecule has 1 aromatic rings. The minimum atomic E-state index is -0.0414. The summed E-state index contributed by atoms with van der Waals surface area (Å²) in [6.07, 6.45) is 1.17. The zero-order chi connectivity index (χ0) is 17.7. The molecule has 2 N–H and O–H groups in total. The van der Waals surface area contributed by atoms with Gasteiger partial charge in [-0.3, -0.25) is 0 Å². The highest BCUT2D eigenvalue weighted by molar-refractivity contribution is 5.80. The van der Waals surface area contributed by atoms with E-state index in [0.29, 0.717) is 13.2 Å². The van der Waals surface area contributed by atoms with Gasteiger partial charge in [0.15, 0.2) is 5.96 Å². The van der Waals surface area contributed by atoms with Gasteiger partial charge in [0.2, 0.25) is 0 Å². The van der Waals surface area contributed by atoms with Gasteiger partial charge in [0.1, 0.15) is 17.6 Å². The molecule has 1 atom stereocenters. The zero-order valence-electron chi connectivity index (χ0n) is 15.8. The fourth-order valence-electron chi connectivity index (χ4n) is 2.72. The summed E-state index contributed by atoms with van der Waals surface area (Å²) in [5, 5.41) is 6.69. The van der Waals surface area contributed by atoms with Crippen molar-refractivity contribution in [3.63, 3.8) is 0 Å². The van der Waals surface area contributed by atoms with E-state index in [1.807, 2.05) is 6.92 Å². The molecule has 1 heterocycles. The van der Waals surface area contributed by atoms with E-state index in [2.05, 4.69) is 57.4 Å². The molecule has 5 nitrogen and oxygen atoms in total. The smallest absolute Gasteiger partial charge is 0.191 e. The van der Waals surface area contributed by atoms with E-state index in [9.17, 15) is 0 Å². The van der Waals surface area contributed by atoms with Crippen LogP contribution in [-0.4, -0.2) is 30.8 Å². The summed E-state index contributed by atoms with van der Waals surface area (Å²) < 4.78 is 11.7. The van der Waals surface area contributed by atoms with Crippen molar-refractivity contribution in [3.05, 3.63) is 23.3 Å². The molecule has 1 unspecified atom stereocenters. The van der Waals surface area contributed by atoms with Crippen molar-refractivity contribution >= 4 is 5.96 Å². The Hall–Kier alpha value is -1.91. The van der Waals surface area contributed by atoms with Gasteiger partial charge in [-0.1, -0.05) is 0 Å². The maximum Gasteiger partial charge on any atom is 0.191 e. The Morgan fingerprint density at radius 2 is 2.08 bits per heavy atom. The molecule has 0 saturated carbocycles. The van der Waals surface area contributed by atoms with Crippen LogP contribution in [0.5, 0.6) is 11.5 Å². The van der Waals surface area contributed by atoms with Crippen LogP contribution in [0.25, 0.3) is 0 Å². The fourth-order valence-corrected chi connectivity index (χ4v) is 2.72. The Bertz CT molecular complexity index is 591. The zero-order valence-corrected chi connectivity index (χ0v) is 15.8. The average molecular weight is 333 g/mol. The number of hydrogen-bond donors (Lipinski definition) is 2. The van der Waals surface area contributed by atoms with E-state index >= 15 is 0 Å². The second kappa shape index (κ2) is 7.77. The lowest BCUT2D eigenvalue weighted by Crippen LogP contribution is -2.47. The average Bonchev–Trinajstić information content (AvgIpc) is 2.82. The molecule has 24 heavy (non-hydrogen) atoms. The summed E-state index contributed by atoms with van der Waals surface area (Å²) >= 11 is 0. The Labute approximate surface area is 145 Å². The third kappa shape index (κ3) is 5.05. The number of rotatable bonds is 5. The Morgan fingerprint density at radius 3 is 2.71 bits per heavy atom. The van der Waals surface area contributed by atoms with Gasteiger partial charge in [-0.25, -0.2) is 4.99 Å². The molecule has 0 fully saturated rings. The maximum atomic E-state index is 5.88.